The summed E-state index contributed by atoms with van der Waals surface area (Å²) in [6, 6.07) is 2.29. The molecule has 29 heavy (non-hydrogen) atoms. The molecule has 3 heterocycles. The van der Waals surface area contributed by atoms with Crippen LogP contribution in [-0.2, 0) is 0 Å². The number of nitrogens with one attached hydrogen (secondary N) is 2. The van der Waals surface area contributed by atoms with E-state index in [-0.39, 0.29) is 12.6 Å². The van der Waals surface area contributed by atoms with Crippen LogP contribution in [0.1, 0.15) is 68.2 Å². The third kappa shape index (κ3) is 4.03. The van der Waals surface area contributed by atoms with E-state index in [0.717, 1.165) is 48.2 Å². The first kappa shape index (κ1) is 19.9. The number of alkyl halides is 2. The summed E-state index contributed by atoms with van der Waals surface area (Å²) in [5, 5.41) is 15.3. The zero-order valence-electron chi connectivity index (χ0n) is 17.1. The Balaban J connectivity index is 1.59. The second kappa shape index (κ2) is 8.18. The maximum atomic E-state index is 12.5. The van der Waals surface area contributed by atoms with Crippen LogP contribution in [0.25, 0.3) is 16.9 Å². The molecular formula is C21H28F2N6. The molecule has 4 rings (SSSR count). The molecule has 0 unspecified atom stereocenters. The van der Waals surface area contributed by atoms with Gasteiger partial charge in [0.05, 0.1) is 12.2 Å². The summed E-state index contributed by atoms with van der Waals surface area (Å²) in [6.45, 7) is 6.19. The highest BCUT2D eigenvalue weighted by atomic mass is 19.3. The quantitative estimate of drug-likeness (QED) is 0.640. The second-order valence-electron chi connectivity index (χ2n) is 8.34. The molecule has 1 saturated carbocycles. The van der Waals surface area contributed by atoms with Crippen LogP contribution >= 0.6 is 0 Å². The molecule has 0 spiro atoms. The van der Waals surface area contributed by atoms with E-state index in [2.05, 4.69) is 40.4 Å². The number of rotatable bonds is 6. The predicted octanol–water partition coefficient (Wildman–Crippen LogP) is 4.43. The molecule has 0 atom stereocenters. The molecule has 0 bridgehead atoms. The van der Waals surface area contributed by atoms with E-state index >= 15 is 0 Å². The lowest BCUT2D eigenvalue weighted by atomic mass is 9.81. The van der Waals surface area contributed by atoms with Crippen LogP contribution in [0.4, 0.5) is 8.78 Å². The van der Waals surface area contributed by atoms with Crippen molar-refractivity contribution in [3.8, 4) is 11.3 Å². The van der Waals surface area contributed by atoms with Gasteiger partial charge in [0.25, 0.3) is 6.43 Å². The van der Waals surface area contributed by atoms with Crippen molar-refractivity contribution in [2.75, 3.05) is 6.54 Å². The number of aromatic amines is 1. The molecule has 0 aromatic carbocycles. The van der Waals surface area contributed by atoms with E-state index in [1.165, 1.54) is 11.3 Å². The van der Waals surface area contributed by atoms with Gasteiger partial charge in [-0.2, -0.15) is 10.2 Å². The minimum absolute atomic E-state index is 0.183. The highest BCUT2D eigenvalue weighted by Crippen LogP contribution is 2.39. The first-order valence-electron chi connectivity index (χ1n) is 10.3. The van der Waals surface area contributed by atoms with Gasteiger partial charge < -0.3 is 5.32 Å². The second-order valence-corrected chi connectivity index (χ2v) is 8.34. The maximum absolute atomic E-state index is 12.5. The fourth-order valence-corrected chi connectivity index (χ4v) is 4.55. The number of aromatic nitrogens is 5. The number of aryl methyl sites for hydroxylation is 1. The Morgan fingerprint density at radius 1 is 1.24 bits per heavy atom. The van der Waals surface area contributed by atoms with E-state index in [1.54, 1.807) is 10.8 Å². The van der Waals surface area contributed by atoms with Gasteiger partial charge in [0.2, 0.25) is 0 Å². The van der Waals surface area contributed by atoms with Crippen LogP contribution in [-0.4, -0.2) is 43.8 Å². The Morgan fingerprint density at radius 2 is 2.00 bits per heavy atom. The topological polar surface area (TPSA) is 70.9 Å². The molecule has 2 N–H and O–H groups in total. The van der Waals surface area contributed by atoms with E-state index in [4.69, 9.17) is 5.10 Å². The minimum Gasteiger partial charge on any atom is -0.309 e. The molecule has 0 aliphatic heterocycles. The molecule has 1 fully saturated rings. The van der Waals surface area contributed by atoms with E-state index in [9.17, 15) is 8.78 Å². The molecule has 8 heteroatoms. The molecule has 1 aliphatic rings. The number of H-pyrrole nitrogens is 1. The van der Waals surface area contributed by atoms with Crippen molar-refractivity contribution in [3.05, 3.63) is 35.4 Å². The normalized spacial score (nSPS) is 20.2. The van der Waals surface area contributed by atoms with Crippen molar-refractivity contribution in [3.63, 3.8) is 0 Å². The van der Waals surface area contributed by atoms with Crippen LogP contribution in [0.2, 0.25) is 0 Å². The molecule has 3 aromatic rings. The number of hydrogen-bond acceptors (Lipinski definition) is 4. The average molecular weight is 402 g/mol. The Bertz CT molecular complexity index is 969. The summed E-state index contributed by atoms with van der Waals surface area (Å²) < 4.78 is 26.7. The van der Waals surface area contributed by atoms with E-state index in [1.807, 2.05) is 13.1 Å². The zero-order chi connectivity index (χ0) is 20.5. The van der Waals surface area contributed by atoms with Gasteiger partial charge in [0.15, 0.2) is 5.65 Å². The predicted molar refractivity (Wildman–Crippen MR) is 108 cm³/mol. The van der Waals surface area contributed by atoms with Gasteiger partial charge in [0.1, 0.15) is 6.33 Å². The Kier molecular flexibility index (Phi) is 5.63. The summed E-state index contributed by atoms with van der Waals surface area (Å²) in [5.74, 6) is 0.703. The van der Waals surface area contributed by atoms with Crippen LogP contribution in [0.15, 0.2) is 18.6 Å². The highest BCUT2D eigenvalue weighted by molar-refractivity contribution is 5.68. The molecule has 1 aliphatic carbocycles. The van der Waals surface area contributed by atoms with Gasteiger partial charge in [0, 0.05) is 35.0 Å². The lowest BCUT2D eigenvalue weighted by molar-refractivity contribution is 0.137. The SMILES string of the molecule is Cc1cc(-c2n[nH]c(C3CCC(NCC(F)F)CC3)c2C(C)C)cn2ncnc12. The number of fused-ring (bicyclic) bond motifs is 1. The molecule has 3 aromatic heterocycles. The van der Waals surface area contributed by atoms with Crippen molar-refractivity contribution < 1.29 is 8.78 Å². The standard InChI is InChI=1S/C21H28F2N6/c1-12(2)18-19(14-4-6-16(7-5-14)24-9-17(22)23)27-28-20(18)15-8-13(3)21-25-11-26-29(21)10-15/h8,10-12,14,16-17,24H,4-7,9H2,1-3H3,(H,27,28). The minimum atomic E-state index is -2.29. The number of nitrogens with zero attached hydrogens (tertiary/aromatic N) is 4. The van der Waals surface area contributed by atoms with Crippen LogP contribution < -0.4 is 5.32 Å². The Labute approximate surface area is 169 Å². The van der Waals surface area contributed by atoms with Crippen molar-refractivity contribution in [2.45, 2.75) is 70.8 Å². The number of hydrogen-bond donors (Lipinski definition) is 2. The van der Waals surface area contributed by atoms with Gasteiger partial charge in [-0.25, -0.2) is 18.3 Å². The first-order chi connectivity index (χ1) is 13.9. The van der Waals surface area contributed by atoms with Crippen LogP contribution in [0.3, 0.4) is 0 Å². The third-order valence-electron chi connectivity index (χ3n) is 5.94. The summed E-state index contributed by atoms with van der Waals surface area (Å²) in [4.78, 5) is 4.29. The summed E-state index contributed by atoms with van der Waals surface area (Å²) in [5.41, 5.74) is 6.34. The largest absolute Gasteiger partial charge is 0.309 e. The lowest BCUT2D eigenvalue weighted by Crippen LogP contribution is -2.35. The average Bonchev–Trinajstić information content (AvgIpc) is 3.34. The molecule has 0 amide bonds. The monoisotopic (exact) mass is 402 g/mol. The Hall–Kier alpha value is -2.35. The van der Waals surface area contributed by atoms with Gasteiger partial charge in [-0.3, -0.25) is 5.10 Å². The first-order valence-corrected chi connectivity index (χ1v) is 10.3. The zero-order valence-corrected chi connectivity index (χ0v) is 17.1. The smallest absolute Gasteiger partial charge is 0.250 e. The lowest BCUT2D eigenvalue weighted by Gasteiger charge is -2.29. The fraction of sp³-hybridized carbons (Fsp3) is 0.571. The highest BCUT2D eigenvalue weighted by Gasteiger charge is 2.28. The maximum Gasteiger partial charge on any atom is 0.250 e. The van der Waals surface area contributed by atoms with Crippen LogP contribution in [0, 0.1) is 6.92 Å². The molecule has 0 saturated heterocycles. The molecule has 6 nitrogen and oxygen atoms in total. The molecule has 156 valence electrons. The Morgan fingerprint density at radius 3 is 2.69 bits per heavy atom. The fourth-order valence-electron chi connectivity index (χ4n) is 4.55. The third-order valence-corrected chi connectivity index (χ3v) is 5.94. The van der Waals surface area contributed by atoms with Gasteiger partial charge in [-0.05, 0) is 50.2 Å². The van der Waals surface area contributed by atoms with Gasteiger partial charge >= 0.3 is 0 Å². The summed E-state index contributed by atoms with van der Waals surface area (Å²) in [7, 11) is 0. The van der Waals surface area contributed by atoms with Crippen LogP contribution in [0.5, 0.6) is 0 Å². The number of pyridine rings is 1. The van der Waals surface area contributed by atoms with Crippen molar-refractivity contribution >= 4 is 5.65 Å². The van der Waals surface area contributed by atoms with Gasteiger partial charge in [-0.15, -0.1) is 0 Å². The van der Waals surface area contributed by atoms with E-state index in [0.29, 0.717) is 11.8 Å². The summed E-state index contributed by atoms with van der Waals surface area (Å²) in [6.07, 6.45) is 5.02. The summed E-state index contributed by atoms with van der Waals surface area (Å²) >= 11 is 0. The molecular weight excluding hydrogens is 374 g/mol. The van der Waals surface area contributed by atoms with Crippen molar-refractivity contribution in [2.24, 2.45) is 0 Å². The van der Waals surface area contributed by atoms with Crippen molar-refractivity contribution in [1.82, 2.24) is 30.1 Å². The molecule has 0 radical (unpaired) electrons. The van der Waals surface area contributed by atoms with Gasteiger partial charge in [-0.1, -0.05) is 13.8 Å². The van der Waals surface area contributed by atoms with Crippen molar-refractivity contribution in [1.29, 1.82) is 0 Å². The van der Waals surface area contributed by atoms with E-state index < -0.39 is 6.43 Å². The number of halogens is 2.